The van der Waals surface area contributed by atoms with Crippen LogP contribution in [0.2, 0.25) is 0 Å². The van der Waals surface area contributed by atoms with Crippen molar-refractivity contribution in [2.24, 2.45) is 0 Å². The molecular weight excluding hydrogens is 394 g/mol. The van der Waals surface area contributed by atoms with Crippen LogP contribution in [-0.4, -0.2) is 28.9 Å². The average Bonchev–Trinajstić information content (AvgIpc) is 3.23. The lowest BCUT2D eigenvalue weighted by Crippen LogP contribution is -2.33. The fourth-order valence-corrected chi connectivity index (χ4v) is 3.70. The number of anilines is 2. The maximum absolute atomic E-state index is 13.1. The molecule has 31 heavy (non-hydrogen) atoms. The summed E-state index contributed by atoms with van der Waals surface area (Å²) in [6.45, 7) is 5.78. The number of rotatable bonds is 6. The number of hydrogen-bond acceptors (Lipinski definition) is 5. The number of aromatic nitrogens is 2. The van der Waals surface area contributed by atoms with Crippen LogP contribution in [0.4, 0.5) is 11.6 Å². The summed E-state index contributed by atoms with van der Waals surface area (Å²) in [5.74, 6) is 0.0798. The van der Waals surface area contributed by atoms with Crippen molar-refractivity contribution in [1.82, 2.24) is 15.4 Å². The minimum absolute atomic E-state index is 0.0309. The van der Waals surface area contributed by atoms with Crippen LogP contribution in [-0.2, 0) is 15.0 Å². The van der Waals surface area contributed by atoms with E-state index in [1.165, 1.54) is 7.11 Å². The number of hydroxylamine groups is 1. The number of benzene rings is 2. The first-order chi connectivity index (χ1) is 14.8. The largest absolute Gasteiger partial charge is 0.324 e. The lowest BCUT2D eigenvalue weighted by molar-refractivity contribution is -0.121. The molecule has 0 unspecified atom stereocenters. The van der Waals surface area contributed by atoms with Crippen molar-refractivity contribution in [3.05, 3.63) is 65.5 Å². The number of hydrogen-bond donors (Lipinski definition) is 3. The summed E-state index contributed by atoms with van der Waals surface area (Å²) < 4.78 is 0. The van der Waals surface area contributed by atoms with Crippen LogP contribution in [0.15, 0.2) is 54.4 Å². The molecule has 0 atom stereocenters. The second-order valence-electron chi connectivity index (χ2n) is 7.91. The topological polar surface area (TPSA) is 99.4 Å². The monoisotopic (exact) mass is 419 g/mol. The highest BCUT2D eigenvalue weighted by molar-refractivity contribution is 6.11. The molecule has 1 aliphatic heterocycles. The fourth-order valence-electron chi connectivity index (χ4n) is 3.70. The molecule has 1 aliphatic rings. The molecule has 3 N–H and O–H groups in total. The molecule has 0 bridgehead atoms. The van der Waals surface area contributed by atoms with Crippen LogP contribution in [0, 0.1) is 0 Å². The molecule has 0 fully saturated rings. The van der Waals surface area contributed by atoms with Gasteiger partial charge in [-0.25, -0.2) is 4.98 Å². The molecule has 8 heteroatoms. The van der Waals surface area contributed by atoms with E-state index in [4.69, 9.17) is 4.84 Å². The molecule has 0 saturated heterocycles. The third kappa shape index (κ3) is 3.66. The lowest BCUT2D eigenvalue weighted by Gasteiger charge is -2.18. The summed E-state index contributed by atoms with van der Waals surface area (Å²) in [6, 6.07) is 12.7. The van der Waals surface area contributed by atoms with E-state index < -0.39 is 5.41 Å². The Morgan fingerprint density at radius 2 is 2.00 bits per heavy atom. The predicted molar refractivity (Wildman–Crippen MR) is 120 cm³/mol. The zero-order valence-corrected chi connectivity index (χ0v) is 17.9. The summed E-state index contributed by atoms with van der Waals surface area (Å²) in [6.07, 6.45) is 2.43. The highest BCUT2D eigenvalue weighted by atomic mass is 16.6. The van der Waals surface area contributed by atoms with Crippen molar-refractivity contribution >= 4 is 34.5 Å². The van der Waals surface area contributed by atoms with Gasteiger partial charge in [0.2, 0.25) is 11.9 Å². The number of fused-ring (bicyclic) bond motifs is 2. The van der Waals surface area contributed by atoms with Crippen LogP contribution in [0.5, 0.6) is 0 Å². The first-order valence-corrected chi connectivity index (χ1v) is 10.1. The van der Waals surface area contributed by atoms with Gasteiger partial charge in [-0.05, 0) is 50.1 Å². The van der Waals surface area contributed by atoms with E-state index in [0.29, 0.717) is 23.4 Å². The summed E-state index contributed by atoms with van der Waals surface area (Å²) in [7, 11) is 1.53. The molecule has 0 spiro atoms. The molecule has 2 heterocycles. The van der Waals surface area contributed by atoms with E-state index in [9.17, 15) is 9.59 Å². The number of aromatic amines is 1. The van der Waals surface area contributed by atoms with Crippen LogP contribution >= 0.6 is 0 Å². The number of nitrogens with zero attached hydrogens (tertiary/aromatic N) is 2. The van der Waals surface area contributed by atoms with Crippen molar-refractivity contribution in [3.8, 4) is 0 Å². The molecule has 3 aromatic rings. The van der Waals surface area contributed by atoms with Crippen LogP contribution in [0.3, 0.4) is 0 Å². The van der Waals surface area contributed by atoms with Gasteiger partial charge in [-0.15, -0.1) is 0 Å². The van der Waals surface area contributed by atoms with Gasteiger partial charge in [-0.1, -0.05) is 25.1 Å². The van der Waals surface area contributed by atoms with Gasteiger partial charge in [0.05, 0.1) is 34.9 Å². The quantitative estimate of drug-likeness (QED) is 0.527. The number of carbonyl (C=O) groups is 2. The smallest absolute Gasteiger partial charge is 0.257 e. The third-order valence-corrected chi connectivity index (χ3v) is 5.45. The first-order valence-electron chi connectivity index (χ1n) is 10.1. The summed E-state index contributed by atoms with van der Waals surface area (Å²) in [5, 5.41) is 2.80. The highest BCUT2D eigenvalue weighted by Gasteiger charge is 2.44. The second-order valence-corrected chi connectivity index (χ2v) is 7.91. The number of imidazole rings is 1. The Balaban J connectivity index is 1.72. The lowest BCUT2D eigenvalue weighted by atomic mass is 9.86. The van der Waals surface area contributed by atoms with Crippen molar-refractivity contribution < 1.29 is 14.4 Å². The second kappa shape index (κ2) is 7.88. The van der Waals surface area contributed by atoms with Crippen molar-refractivity contribution in [2.75, 3.05) is 17.3 Å². The molecule has 1 aromatic heterocycles. The Hall–Kier alpha value is -3.65. The fraction of sp³-hybridized carbons (Fsp3) is 0.261. The van der Waals surface area contributed by atoms with E-state index in [1.807, 2.05) is 51.1 Å². The number of carbonyl (C=O) groups excluding carboxylic acids is 2. The first kappa shape index (κ1) is 20.6. The Bertz CT molecular complexity index is 1180. The molecule has 160 valence electrons. The zero-order chi connectivity index (χ0) is 22.2. The van der Waals surface area contributed by atoms with E-state index in [-0.39, 0.29) is 11.8 Å². The van der Waals surface area contributed by atoms with Gasteiger partial charge in [-0.2, -0.15) is 0 Å². The Labute approximate surface area is 180 Å². The van der Waals surface area contributed by atoms with E-state index in [1.54, 1.807) is 23.2 Å². The van der Waals surface area contributed by atoms with Gasteiger partial charge in [0.1, 0.15) is 0 Å². The maximum atomic E-state index is 13.1. The minimum Gasteiger partial charge on any atom is -0.324 e. The number of amides is 2. The number of nitrogens with one attached hydrogen (secondary N) is 3. The molecule has 4 rings (SSSR count). The summed E-state index contributed by atoms with van der Waals surface area (Å²) in [4.78, 5) is 39.9. The zero-order valence-electron chi connectivity index (χ0n) is 17.9. The van der Waals surface area contributed by atoms with E-state index in [0.717, 1.165) is 22.5 Å². The van der Waals surface area contributed by atoms with Crippen LogP contribution in [0.25, 0.3) is 11.0 Å². The van der Waals surface area contributed by atoms with Crippen molar-refractivity contribution in [1.29, 1.82) is 0 Å². The van der Waals surface area contributed by atoms with Crippen LogP contribution < -0.4 is 15.7 Å². The maximum Gasteiger partial charge on any atom is 0.257 e. The molecule has 2 amide bonds. The highest BCUT2D eigenvalue weighted by Crippen LogP contribution is 2.43. The standard InChI is InChI=1S/C23H25N5O3/c1-5-15(27-31-4)13-28-19-12-18-17(11-16(19)23(2,3)21(28)30)24-22(25-18)26-20(29)14-9-7-6-8-10-14/h6-13,27H,5H2,1-4H3,(H2,24,25,26,29). The van der Waals surface area contributed by atoms with E-state index in [2.05, 4.69) is 20.8 Å². The predicted octanol–water partition coefficient (Wildman–Crippen LogP) is 3.84. The van der Waals surface area contributed by atoms with Gasteiger partial charge in [0, 0.05) is 11.8 Å². The number of allylic oxidation sites excluding steroid dienone is 1. The third-order valence-electron chi connectivity index (χ3n) is 5.45. The van der Waals surface area contributed by atoms with E-state index >= 15 is 0 Å². The molecule has 0 radical (unpaired) electrons. The number of H-pyrrole nitrogens is 1. The minimum atomic E-state index is -0.704. The van der Waals surface area contributed by atoms with Gasteiger partial charge in [-0.3, -0.25) is 30.1 Å². The van der Waals surface area contributed by atoms with Gasteiger partial charge in [0.15, 0.2) is 0 Å². The molecular formula is C23H25N5O3. The Morgan fingerprint density at radius 1 is 1.26 bits per heavy atom. The van der Waals surface area contributed by atoms with Crippen molar-refractivity contribution in [3.63, 3.8) is 0 Å². The SMILES string of the molecule is CCC(=CN1C(=O)C(C)(C)c2cc3[nH]c(NC(=O)c4ccccc4)nc3cc21)NOC. The normalized spacial score (nSPS) is 15.3. The Kier molecular flexibility index (Phi) is 5.24. The summed E-state index contributed by atoms with van der Waals surface area (Å²) >= 11 is 0. The molecule has 0 aliphatic carbocycles. The molecule has 0 saturated carbocycles. The van der Waals surface area contributed by atoms with Gasteiger partial charge >= 0.3 is 0 Å². The molecule has 2 aromatic carbocycles. The van der Waals surface area contributed by atoms with Gasteiger partial charge < -0.3 is 4.98 Å². The Morgan fingerprint density at radius 3 is 2.68 bits per heavy atom. The van der Waals surface area contributed by atoms with Crippen LogP contribution in [0.1, 0.15) is 43.1 Å². The average molecular weight is 419 g/mol. The van der Waals surface area contributed by atoms with Gasteiger partial charge in [0.25, 0.3) is 5.91 Å². The van der Waals surface area contributed by atoms with Crippen molar-refractivity contribution in [2.45, 2.75) is 32.6 Å². The molecule has 8 nitrogen and oxygen atoms in total. The summed E-state index contributed by atoms with van der Waals surface area (Å²) in [5.41, 5.74) is 6.49.